The highest BCUT2D eigenvalue weighted by Gasteiger charge is 2.11. The minimum absolute atomic E-state index is 0.423. The van der Waals surface area contributed by atoms with Crippen LogP contribution >= 0.6 is 0 Å². The third-order valence-corrected chi connectivity index (χ3v) is 4.19. The predicted octanol–water partition coefficient (Wildman–Crippen LogP) is 5.21. The van der Waals surface area contributed by atoms with Crippen molar-refractivity contribution >= 4 is 33.7 Å². The fraction of sp³-hybridized carbons (Fsp3) is 0.0952. The summed E-state index contributed by atoms with van der Waals surface area (Å²) in [7, 11) is 3.08. The first kappa shape index (κ1) is 16.8. The van der Waals surface area contributed by atoms with E-state index in [1.54, 1.807) is 43.5 Å². The van der Waals surface area contributed by atoms with Crippen molar-refractivity contribution < 1.29 is 23.4 Å². The summed E-state index contributed by atoms with van der Waals surface area (Å²) in [6, 6.07) is 18.1. The molecule has 4 aromatic rings. The van der Waals surface area contributed by atoms with Gasteiger partial charge in [0.2, 0.25) is 0 Å². The molecule has 1 heterocycles. The normalized spacial score (nSPS) is 10.7. The molecule has 1 aromatic heterocycles. The monoisotopic (exact) mass is 363 g/mol. The molecule has 0 fully saturated rings. The van der Waals surface area contributed by atoms with Gasteiger partial charge in [0, 0.05) is 22.5 Å². The third kappa shape index (κ3) is 3.25. The van der Waals surface area contributed by atoms with Crippen LogP contribution < -0.4 is 19.5 Å². The van der Waals surface area contributed by atoms with Crippen LogP contribution in [0.25, 0.3) is 21.9 Å². The molecule has 1 amide bonds. The van der Waals surface area contributed by atoms with Crippen LogP contribution in [0.1, 0.15) is 0 Å². The molecule has 4 rings (SSSR count). The predicted molar refractivity (Wildman–Crippen MR) is 103 cm³/mol. The lowest BCUT2D eigenvalue weighted by atomic mass is 10.1. The van der Waals surface area contributed by atoms with Crippen LogP contribution in [0.4, 0.5) is 10.5 Å². The zero-order valence-corrected chi connectivity index (χ0v) is 14.8. The number of ether oxygens (including phenoxy) is 3. The molecule has 27 heavy (non-hydrogen) atoms. The number of nitrogens with one attached hydrogen (secondary N) is 1. The number of furan rings is 1. The zero-order chi connectivity index (χ0) is 18.8. The molecule has 0 saturated heterocycles. The molecule has 0 aliphatic carbocycles. The van der Waals surface area contributed by atoms with Crippen molar-refractivity contribution in [3.8, 4) is 17.2 Å². The highest BCUT2D eigenvalue weighted by atomic mass is 16.6. The lowest BCUT2D eigenvalue weighted by Crippen LogP contribution is -2.16. The first-order valence-electron chi connectivity index (χ1n) is 8.30. The van der Waals surface area contributed by atoms with E-state index in [1.165, 1.54) is 7.11 Å². The van der Waals surface area contributed by atoms with Crippen molar-refractivity contribution in [1.29, 1.82) is 0 Å². The molecule has 0 atom stereocenters. The molecule has 0 unspecified atom stereocenters. The maximum absolute atomic E-state index is 12.2. The van der Waals surface area contributed by atoms with Crippen molar-refractivity contribution in [2.45, 2.75) is 0 Å². The second-order valence-electron chi connectivity index (χ2n) is 5.84. The van der Waals surface area contributed by atoms with Crippen LogP contribution in [0, 0.1) is 0 Å². The standard InChI is InChI=1S/C21H17NO5/c1-24-19-9-7-13(11-20(19)25-2)22-21(23)26-14-8-10-18-16(12-14)15-5-3-4-6-17(15)27-18/h3-12H,1-2H3,(H,22,23). The van der Waals surface area contributed by atoms with E-state index in [0.29, 0.717) is 22.9 Å². The number of anilines is 1. The van der Waals surface area contributed by atoms with Crippen molar-refractivity contribution in [1.82, 2.24) is 0 Å². The molecule has 3 aromatic carbocycles. The SMILES string of the molecule is COc1ccc(NC(=O)Oc2ccc3oc4ccccc4c3c2)cc1OC. The number of carbonyl (C=O) groups is 1. The van der Waals surface area contributed by atoms with E-state index in [4.69, 9.17) is 18.6 Å². The Hall–Kier alpha value is -3.67. The molecule has 6 nitrogen and oxygen atoms in total. The van der Waals surface area contributed by atoms with Crippen molar-refractivity contribution in [2.24, 2.45) is 0 Å². The molecule has 0 spiro atoms. The van der Waals surface area contributed by atoms with E-state index in [2.05, 4.69) is 5.32 Å². The molecule has 0 aliphatic heterocycles. The largest absolute Gasteiger partial charge is 0.493 e. The Morgan fingerprint density at radius 2 is 1.63 bits per heavy atom. The highest BCUT2D eigenvalue weighted by Crippen LogP contribution is 2.32. The van der Waals surface area contributed by atoms with E-state index < -0.39 is 6.09 Å². The second kappa shape index (κ2) is 6.92. The summed E-state index contributed by atoms with van der Waals surface area (Å²) < 4.78 is 21.6. The minimum atomic E-state index is -0.602. The summed E-state index contributed by atoms with van der Waals surface area (Å²) in [6.45, 7) is 0. The summed E-state index contributed by atoms with van der Waals surface area (Å²) in [4.78, 5) is 12.2. The molecular formula is C21H17NO5. The number of fused-ring (bicyclic) bond motifs is 3. The Morgan fingerprint density at radius 1 is 0.852 bits per heavy atom. The molecular weight excluding hydrogens is 346 g/mol. The van der Waals surface area contributed by atoms with Gasteiger partial charge in [0.25, 0.3) is 0 Å². The van der Waals surface area contributed by atoms with E-state index >= 15 is 0 Å². The number of para-hydroxylation sites is 1. The summed E-state index contributed by atoms with van der Waals surface area (Å²) in [6.07, 6.45) is -0.602. The first-order chi connectivity index (χ1) is 13.2. The maximum atomic E-state index is 12.2. The average Bonchev–Trinajstić information content (AvgIpc) is 3.06. The van der Waals surface area contributed by atoms with Gasteiger partial charge in [0.05, 0.1) is 14.2 Å². The topological polar surface area (TPSA) is 69.9 Å². The van der Waals surface area contributed by atoms with Gasteiger partial charge in [0.1, 0.15) is 16.9 Å². The molecule has 0 radical (unpaired) electrons. The molecule has 136 valence electrons. The number of hydrogen-bond acceptors (Lipinski definition) is 5. The first-order valence-corrected chi connectivity index (χ1v) is 8.30. The van der Waals surface area contributed by atoms with E-state index in [9.17, 15) is 4.79 Å². The average molecular weight is 363 g/mol. The Balaban J connectivity index is 1.55. The number of carbonyl (C=O) groups excluding carboxylic acids is 1. The fourth-order valence-corrected chi connectivity index (χ4v) is 2.93. The van der Waals surface area contributed by atoms with Crippen LogP contribution in [0.5, 0.6) is 17.2 Å². The quantitative estimate of drug-likeness (QED) is 0.539. The Morgan fingerprint density at radius 3 is 2.44 bits per heavy atom. The van der Waals surface area contributed by atoms with Gasteiger partial charge in [-0.1, -0.05) is 18.2 Å². The number of amides is 1. The van der Waals surface area contributed by atoms with Crippen molar-refractivity contribution in [2.75, 3.05) is 19.5 Å². The Kier molecular flexibility index (Phi) is 4.30. The van der Waals surface area contributed by atoms with Gasteiger partial charge in [-0.3, -0.25) is 5.32 Å². The number of methoxy groups -OCH3 is 2. The van der Waals surface area contributed by atoms with Crippen LogP contribution in [-0.4, -0.2) is 20.3 Å². The van der Waals surface area contributed by atoms with Gasteiger partial charge in [-0.15, -0.1) is 0 Å². The van der Waals surface area contributed by atoms with Crippen LogP contribution in [0.15, 0.2) is 65.1 Å². The Labute approximate surface area is 155 Å². The maximum Gasteiger partial charge on any atom is 0.417 e. The summed E-state index contributed by atoms with van der Waals surface area (Å²) in [5.74, 6) is 1.52. The fourth-order valence-electron chi connectivity index (χ4n) is 2.93. The van der Waals surface area contributed by atoms with Crippen LogP contribution in [-0.2, 0) is 0 Å². The van der Waals surface area contributed by atoms with E-state index in [0.717, 1.165) is 21.9 Å². The number of benzene rings is 3. The number of rotatable bonds is 4. The van der Waals surface area contributed by atoms with Gasteiger partial charge in [-0.2, -0.15) is 0 Å². The van der Waals surface area contributed by atoms with Gasteiger partial charge < -0.3 is 18.6 Å². The van der Waals surface area contributed by atoms with Crippen LogP contribution in [0.3, 0.4) is 0 Å². The van der Waals surface area contributed by atoms with Gasteiger partial charge in [0.15, 0.2) is 11.5 Å². The second-order valence-corrected chi connectivity index (χ2v) is 5.84. The third-order valence-electron chi connectivity index (χ3n) is 4.19. The Bertz CT molecular complexity index is 1130. The zero-order valence-electron chi connectivity index (χ0n) is 14.8. The lowest BCUT2D eigenvalue weighted by molar-refractivity contribution is 0.215. The van der Waals surface area contributed by atoms with Gasteiger partial charge in [-0.05, 0) is 36.4 Å². The molecule has 0 saturated carbocycles. The molecule has 6 heteroatoms. The number of hydrogen-bond donors (Lipinski definition) is 1. The lowest BCUT2D eigenvalue weighted by Gasteiger charge is -2.10. The van der Waals surface area contributed by atoms with Gasteiger partial charge >= 0.3 is 6.09 Å². The molecule has 0 aliphatic rings. The van der Waals surface area contributed by atoms with Crippen molar-refractivity contribution in [3.63, 3.8) is 0 Å². The smallest absolute Gasteiger partial charge is 0.417 e. The highest BCUT2D eigenvalue weighted by molar-refractivity contribution is 6.05. The van der Waals surface area contributed by atoms with E-state index in [1.807, 2.05) is 24.3 Å². The van der Waals surface area contributed by atoms with Crippen molar-refractivity contribution in [3.05, 3.63) is 60.7 Å². The molecule has 0 bridgehead atoms. The molecule has 1 N–H and O–H groups in total. The summed E-state index contributed by atoms with van der Waals surface area (Å²) in [5, 5.41) is 4.54. The van der Waals surface area contributed by atoms with Crippen LogP contribution in [0.2, 0.25) is 0 Å². The summed E-state index contributed by atoms with van der Waals surface area (Å²) >= 11 is 0. The summed E-state index contributed by atoms with van der Waals surface area (Å²) in [5.41, 5.74) is 2.07. The van der Waals surface area contributed by atoms with Gasteiger partial charge in [-0.25, -0.2) is 4.79 Å². The van der Waals surface area contributed by atoms with E-state index in [-0.39, 0.29) is 0 Å². The minimum Gasteiger partial charge on any atom is -0.493 e.